The number of nitrogens with zero attached hydrogens (tertiary/aromatic N) is 2. The first-order valence-corrected chi connectivity index (χ1v) is 4.41. The predicted octanol–water partition coefficient (Wildman–Crippen LogP) is 2.95. The molecule has 1 aromatic heterocycles. The second-order valence-electron chi connectivity index (χ2n) is 3.20. The average molecular weight is 269 g/mol. The number of pyridine rings is 1. The molecule has 98 valence electrons. The Hall–Kier alpha value is -1.98. The van der Waals surface area contributed by atoms with Crippen LogP contribution in [0, 0.1) is 11.3 Å². The molecule has 0 radical (unpaired) electrons. The molecule has 0 fully saturated rings. The topological polar surface area (TPSA) is 48.7 Å². The van der Waals surface area contributed by atoms with Crippen molar-refractivity contribution in [3.05, 3.63) is 23.5 Å². The molecule has 1 N–H and O–H groups in total. The molecule has 0 saturated carbocycles. The number of anilines is 1. The van der Waals surface area contributed by atoms with Crippen LogP contribution in [-0.4, -0.2) is 17.7 Å². The third-order valence-corrected chi connectivity index (χ3v) is 1.79. The van der Waals surface area contributed by atoms with Gasteiger partial charge >= 0.3 is 12.4 Å². The zero-order chi connectivity index (χ0) is 14.0. The number of nitriles is 1. The van der Waals surface area contributed by atoms with E-state index in [1.807, 2.05) is 0 Å². The molecule has 9 heteroatoms. The molecule has 0 aromatic carbocycles. The van der Waals surface area contributed by atoms with Crippen molar-refractivity contribution in [2.75, 3.05) is 11.9 Å². The molecule has 3 nitrogen and oxygen atoms in total. The van der Waals surface area contributed by atoms with Gasteiger partial charge in [0.1, 0.15) is 12.6 Å². The Kier molecular flexibility index (Phi) is 3.69. The monoisotopic (exact) mass is 269 g/mol. The van der Waals surface area contributed by atoms with E-state index in [-0.39, 0.29) is 0 Å². The molecule has 1 aromatic rings. The number of rotatable bonds is 2. The van der Waals surface area contributed by atoms with Crippen LogP contribution in [0.15, 0.2) is 12.3 Å². The van der Waals surface area contributed by atoms with Crippen molar-refractivity contribution in [3.8, 4) is 6.07 Å². The van der Waals surface area contributed by atoms with Crippen molar-refractivity contribution in [2.24, 2.45) is 0 Å². The summed E-state index contributed by atoms with van der Waals surface area (Å²) in [6.45, 7) is -1.49. The molecule has 0 atom stereocenters. The Bertz CT molecular complexity index is 471. The van der Waals surface area contributed by atoms with Gasteiger partial charge in [0.15, 0.2) is 5.69 Å². The second-order valence-corrected chi connectivity index (χ2v) is 3.20. The van der Waals surface area contributed by atoms with Crippen LogP contribution < -0.4 is 5.32 Å². The fourth-order valence-corrected chi connectivity index (χ4v) is 1.07. The van der Waals surface area contributed by atoms with Gasteiger partial charge in [-0.25, -0.2) is 4.98 Å². The standard InChI is InChI=1S/C9H5F6N3/c10-8(11,12)4-18-5-1-6(9(13,14)15)7(2-16)17-3-5/h1,3,18H,4H2. The third-order valence-electron chi connectivity index (χ3n) is 1.79. The van der Waals surface area contributed by atoms with Gasteiger partial charge in [-0.05, 0) is 6.07 Å². The van der Waals surface area contributed by atoms with Crippen LogP contribution in [0.1, 0.15) is 11.3 Å². The lowest BCUT2D eigenvalue weighted by molar-refractivity contribution is -0.138. The fourth-order valence-electron chi connectivity index (χ4n) is 1.07. The summed E-state index contributed by atoms with van der Waals surface area (Å²) >= 11 is 0. The Balaban J connectivity index is 3.02. The largest absolute Gasteiger partial charge is 0.419 e. The van der Waals surface area contributed by atoms with Gasteiger partial charge in [0.2, 0.25) is 0 Å². The zero-order valence-electron chi connectivity index (χ0n) is 8.52. The van der Waals surface area contributed by atoms with Gasteiger partial charge in [-0.3, -0.25) is 0 Å². The minimum Gasteiger partial charge on any atom is -0.375 e. The molecular weight excluding hydrogens is 264 g/mol. The molecular formula is C9H5F6N3. The smallest absolute Gasteiger partial charge is 0.375 e. The molecule has 1 heterocycles. The third kappa shape index (κ3) is 3.80. The number of alkyl halides is 6. The Morgan fingerprint density at radius 3 is 2.28 bits per heavy atom. The van der Waals surface area contributed by atoms with Crippen molar-refractivity contribution in [1.82, 2.24) is 4.98 Å². The maximum Gasteiger partial charge on any atom is 0.419 e. The van der Waals surface area contributed by atoms with E-state index in [1.165, 1.54) is 6.07 Å². The van der Waals surface area contributed by atoms with E-state index in [0.717, 1.165) is 6.20 Å². The minimum atomic E-state index is -4.85. The van der Waals surface area contributed by atoms with Crippen LogP contribution in [0.4, 0.5) is 32.0 Å². The molecule has 0 amide bonds. The summed E-state index contributed by atoms with van der Waals surface area (Å²) in [6.07, 6.45) is -8.68. The summed E-state index contributed by atoms with van der Waals surface area (Å²) in [5.74, 6) is 0. The first kappa shape index (κ1) is 14.1. The minimum absolute atomic E-state index is 0.414. The van der Waals surface area contributed by atoms with Crippen molar-refractivity contribution in [2.45, 2.75) is 12.4 Å². The molecule has 0 aliphatic carbocycles. The SMILES string of the molecule is N#Cc1ncc(NCC(F)(F)F)cc1C(F)(F)F. The fraction of sp³-hybridized carbons (Fsp3) is 0.333. The lowest BCUT2D eigenvalue weighted by atomic mass is 10.2. The summed E-state index contributed by atoms with van der Waals surface area (Å²) in [5, 5.41) is 10.2. The number of nitrogens with one attached hydrogen (secondary N) is 1. The summed E-state index contributed by atoms with van der Waals surface area (Å²) < 4.78 is 72.9. The van der Waals surface area contributed by atoms with Gasteiger partial charge in [-0.15, -0.1) is 0 Å². The summed E-state index contributed by atoms with van der Waals surface area (Å²) in [7, 11) is 0. The van der Waals surface area contributed by atoms with E-state index in [2.05, 4.69) is 4.98 Å². The maximum atomic E-state index is 12.4. The number of hydrogen-bond donors (Lipinski definition) is 1. The van der Waals surface area contributed by atoms with Gasteiger partial charge in [0.05, 0.1) is 17.4 Å². The highest BCUT2D eigenvalue weighted by molar-refractivity contribution is 5.48. The van der Waals surface area contributed by atoms with Crippen LogP contribution in [0.5, 0.6) is 0 Å². The Labute approximate surface area is 97.0 Å². The molecule has 0 saturated heterocycles. The average Bonchev–Trinajstić information content (AvgIpc) is 2.24. The van der Waals surface area contributed by atoms with E-state index in [4.69, 9.17) is 5.26 Å². The lowest BCUT2D eigenvalue weighted by Crippen LogP contribution is -2.22. The van der Waals surface area contributed by atoms with Crippen LogP contribution >= 0.6 is 0 Å². The van der Waals surface area contributed by atoms with Crippen LogP contribution in [-0.2, 0) is 6.18 Å². The van der Waals surface area contributed by atoms with Crippen LogP contribution in [0.25, 0.3) is 0 Å². The molecule has 0 aliphatic heterocycles. The van der Waals surface area contributed by atoms with Crippen molar-refractivity contribution < 1.29 is 26.3 Å². The lowest BCUT2D eigenvalue weighted by Gasteiger charge is -2.12. The van der Waals surface area contributed by atoms with E-state index in [1.54, 1.807) is 5.32 Å². The molecule has 0 spiro atoms. The highest BCUT2D eigenvalue weighted by atomic mass is 19.4. The van der Waals surface area contributed by atoms with E-state index >= 15 is 0 Å². The number of aromatic nitrogens is 1. The Morgan fingerprint density at radius 2 is 1.83 bits per heavy atom. The molecule has 1 rings (SSSR count). The molecule has 18 heavy (non-hydrogen) atoms. The predicted molar refractivity (Wildman–Crippen MR) is 48.5 cm³/mol. The number of halogens is 6. The van der Waals surface area contributed by atoms with Crippen LogP contribution in [0.3, 0.4) is 0 Å². The highest BCUT2D eigenvalue weighted by Crippen LogP contribution is 2.32. The molecule has 0 aliphatic rings. The van der Waals surface area contributed by atoms with Crippen molar-refractivity contribution in [3.63, 3.8) is 0 Å². The second kappa shape index (κ2) is 4.72. The summed E-state index contributed by atoms with van der Waals surface area (Å²) in [4.78, 5) is 3.15. The van der Waals surface area contributed by atoms with Gasteiger partial charge in [0, 0.05) is 0 Å². The Morgan fingerprint density at radius 1 is 1.22 bits per heavy atom. The van der Waals surface area contributed by atoms with Crippen molar-refractivity contribution in [1.29, 1.82) is 5.26 Å². The van der Waals surface area contributed by atoms with E-state index < -0.39 is 35.8 Å². The highest BCUT2D eigenvalue weighted by Gasteiger charge is 2.35. The van der Waals surface area contributed by atoms with E-state index in [9.17, 15) is 26.3 Å². The summed E-state index contributed by atoms with van der Waals surface area (Å²) in [6, 6.07) is 1.63. The molecule has 0 unspecified atom stereocenters. The zero-order valence-corrected chi connectivity index (χ0v) is 8.52. The first-order chi connectivity index (χ1) is 8.13. The number of hydrogen-bond acceptors (Lipinski definition) is 3. The normalized spacial score (nSPS) is 12.1. The first-order valence-electron chi connectivity index (χ1n) is 4.41. The van der Waals surface area contributed by atoms with Crippen molar-refractivity contribution >= 4 is 5.69 Å². The van der Waals surface area contributed by atoms with Gasteiger partial charge in [-0.2, -0.15) is 31.6 Å². The van der Waals surface area contributed by atoms with Gasteiger partial charge in [-0.1, -0.05) is 0 Å². The quantitative estimate of drug-likeness (QED) is 0.840. The van der Waals surface area contributed by atoms with Gasteiger partial charge < -0.3 is 5.32 Å². The molecule has 0 bridgehead atoms. The van der Waals surface area contributed by atoms with Crippen LogP contribution in [0.2, 0.25) is 0 Å². The summed E-state index contributed by atoms with van der Waals surface area (Å²) in [5.41, 5.74) is -2.73. The maximum absolute atomic E-state index is 12.4. The van der Waals surface area contributed by atoms with E-state index in [0.29, 0.717) is 6.07 Å². The van der Waals surface area contributed by atoms with Gasteiger partial charge in [0.25, 0.3) is 0 Å².